The maximum atomic E-state index is 12.6. The van der Waals surface area contributed by atoms with Crippen LogP contribution in [0.5, 0.6) is 5.75 Å². The van der Waals surface area contributed by atoms with Crippen molar-refractivity contribution in [3.63, 3.8) is 0 Å². The zero-order chi connectivity index (χ0) is 25.4. The Morgan fingerprint density at radius 3 is 2.06 bits per heavy atom. The van der Waals surface area contributed by atoms with Crippen LogP contribution in [0.3, 0.4) is 0 Å². The summed E-state index contributed by atoms with van der Waals surface area (Å²) in [5.41, 5.74) is 2.48. The summed E-state index contributed by atoms with van der Waals surface area (Å²) in [5.74, 6) is 0.514. The molecule has 0 N–H and O–H groups in total. The Hall–Kier alpha value is -2.33. The number of carbonyl (C=O) groups excluding carboxylic acids is 1. The molecule has 0 aliphatic rings. The number of hydrogen-bond acceptors (Lipinski definition) is 3. The standard InChI is InChI=1S/C31H48NO3/c1-5-6-7-8-9-10-11-12-13-15-19-28-22-18-23-30(24-28)34-26-35-31(33)27(2)32(3,4)25-29-20-16-14-17-21-29/h14,16-18,20-24,27H,5-13,15,19,25-26H2,1-4H3/q+1. The van der Waals surface area contributed by atoms with Gasteiger partial charge < -0.3 is 14.0 Å². The van der Waals surface area contributed by atoms with Crippen LogP contribution in [0.2, 0.25) is 0 Å². The van der Waals surface area contributed by atoms with E-state index in [0.717, 1.165) is 18.7 Å². The second-order valence-corrected chi connectivity index (χ2v) is 10.4. The smallest absolute Gasteiger partial charge is 0.367 e. The van der Waals surface area contributed by atoms with Crippen LogP contribution in [0.25, 0.3) is 0 Å². The van der Waals surface area contributed by atoms with Crippen LogP contribution in [0, 0.1) is 0 Å². The molecule has 2 rings (SSSR count). The molecule has 35 heavy (non-hydrogen) atoms. The third kappa shape index (κ3) is 11.8. The van der Waals surface area contributed by atoms with Gasteiger partial charge in [0.1, 0.15) is 12.3 Å². The van der Waals surface area contributed by atoms with Gasteiger partial charge >= 0.3 is 5.97 Å². The van der Waals surface area contributed by atoms with Crippen molar-refractivity contribution in [2.24, 2.45) is 0 Å². The normalized spacial score (nSPS) is 12.3. The Morgan fingerprint density at radius 2 is 1.40 bits per heavy atom. The Labute approximate surface area is 214 Å². The lowest BCUT2D eigenvalue weighted by Gasteiger charge is -2.34. The van der Waals surface area contributed by atoms with Crippen LogP contribution in [0.15, 0.2) is 54.6 Å². The molecule has 0 fully saturated rings. The van der Waals surface area contributed by atoms with Crippen molar-refractivity contribution in [2.45, 2.75) is 97.1 Å². The van der Waals surface area contributed by atoms with Gasteiger partial charge in [-0.3, -0.25) is 0 Å². The first-order valence-corrected chi connectivity index (χ1v) is 13.7. The summed E-state index contributed by atoms with van der Waals surface area (Å²) >= 11 is 0. The van der Waals surface area contributed by atoms with Crippen molar-refractivity contribution in [2.75, 3.05) is 20.9 Å². The molecular formula is C31H48NO3+. The SMILES string of the molecule is CCCCCCCCCCCCc1cccc(OCOC(=O)C(C)[N+](C)(C)Cc2ccccc2)c1. The minimum Gasteiger partial charge on any atom is -0.457 e. The third-order valence-corrected chi connectivity index (χ3v) is 6.97. The molecule has 4 heteroatoms. The highest BCUT2D eigenvalue weighted by atomic mass is 16.7. The van der Waals surface area contributed by atoms with Crippen LogP contribution in [-0.4, -0.2) is 37.4 Å². The summed E-state index contributed by atoms with van der Waals surface area (Å²) in [4.78, 5) is 12.6. The van der Waals surface area contributed by atoms with E-state index >= 15 is 0 Å². The molecule has 4 nitrogen and oxygen atoms in total. The maximum Gasteiger partial charge on any atom is 0.367 e. The fourth-order valence-corrected chi connectivity index (χ4v) is 4.36. The molecule has 0 aromatic heterocycles. The molecule has 2 aromatic rings. The van der Waals surface area contributed by atoms with Crippen LogP contribution in [-0.2, 0) is 22.5 Å². The number of quaternary nitrogens is 1. The zero-order valence-corrected chi connectivity index (χ0v) is 22.6. The van der Waals surface area contributed by atoms with Gasteiger partial charge in [-0.1, -0.05) is 107 Å². The highest BCUT2D eigenvalue weighted by Crippen LogP contribution is 2.18. The fraction of sp³-hybridized carbons (Fsp3) is 0.581. The number of carbonyl (C=O) groups is 1. The molecule has 194 valence electrons. The Balaban J connectivity index is 1.64. The predicted molar refractivity (Wildman–Crippen MR) is 145 cm³/mol. The lowest BCUT2D eigenvalue weighted by atomic mass is 10.0. The van der Waals surface area contributed by atoms with E-state index in [-0.39, 0.29) is 18.8 Å². The summed E-state index contributed by atoms with van der Waals surface area (Å²) in [6.07, 6.45) is 14.5. The van der Waals surface area contributed by atoms with Gasteiger partial charge in [0.2, 0.25) is 6.79 Å². The number of unbranched alkanes of at least 4 members (excludes halogenated alkanes) is 9. The summed E-state index contributed by atoms with van der Waals surface area (Å²) in [6.45, 7) is 4.89. The first kappa shape index (κ1) is 28.9. The van der Waals surface area contributed by atoms with Crippen molar-refractivity contribution in [1.29, 1.82) is 0 Å². The number of aryl methyl sites for hydroxylation is 1. The summed E-state index contributed by atoms with van der Waals surface area (Å²) in [5, 5.41) is 0. The minimum atomic E-state index is -0.290. The molecule has 0 saturated heterocycles. The molecule has 0 radical (unpaired) electrons. The lowest BCUT2D eigenvalue weighted by molar-refractivity contribution is -0.917. The molecule has 0 bridgehead atoms. The number of nitrogens with zero attached hydrogens (tertiary/aromatic N) is 1. The van der Waals surface area contributed by atoms with Gasteiger partial charge in [-0.2, -0.15) is 0 Å². The Bertz CT molecular complexity index is 834. The van der Waals surface area contributed by atoms with Gasteiger partial charge in [0.05, 0.1) is 14.1 Å². The zero-order valence-electron chi connectivity index (χ0n) is 22.6. The van der Waals surface area contributed by atoms with E-state index in [1.54, 1.807) is 0 Å². The van der Waals surface area contributed by atoms with Crippen LogP contribution in [0.1, 0.15) is 89.2 Å². The molecule has 0 spiro atoms. The molecule has 1 atom stereocenters. The van der Waals surface area contributed by atoms with Crippen molar-refractivity contribution in [3.05, 3.63) is 65.7 Å². The largest absolute Gasteiger partial charge is 0.457 e. The topological polar surface area (TPSA) is 35.5 Å². The Morgan fingerprint density at radius 1 is 0.800 bits per heavy atom. The summed E-state index contributed by atoms with van der Waals surface area (Å²) in [7, 11) is 4.10. The molecule has 0 amide bonds. The fourth-order valence-electron chi connectivity index (χ4n) is 4.36. The van der Waals surface area contributed by atoms with Crippen LogP contribution < -0.4 is 4.74 Å². The second kappa shape index (κ2) is 16.4. The number of benzene rings is 2. The number of ether oxygens (including phenoxy) is 2. The van der Waals surface area contributed by atoms with Gasteiger partial charge in [-0.15, -0.1) is 0 Å². The van der Waals surface area contributed by atoms with E-state index in [2.05, 4.69) is 45.3 Å². The predicted octanol–water partition coefficient (Wildman–Crippen LogP) is 7.69. The van der Waals surface area contributed by atoms with E-state index in [4.69, 9.17) is 9.47 Å². The van der Waals surface area contributed by atoms with Crippen LogP contribution >= 0.6 is 0 Å². The molecule has 2 aromatic carbocycles. The number of likely N-dealkylation sites (N-methyl/N-ethyl adjacent to an activating group) is 1. The highest BCUT2D eigenvalue weighted by molar-refractivity contribution is 5.74. The monoisotopic (exact) mass is 482 g/mol. The van der Waals surface area contributed by atoms with Gasteiger partial charge in [0.15, 0.2) is 6.04 Å². The van der Waals surface area contributed by atoms with E-state index in [1.165, 1.54) is 75.3 Å². The van der Waals surface area contributed by atoms with E-state index in [0.29, 0.717) is 4.48 Å². The van der Waals surface area contributed by atoms with Crippen molar-refractivity contribution >= 4 is 5.97 Å². The molecule has 0 saturated carbocycles. The molecule has 0 aliphatic carbocycles. The van der Waals surface area contributed by atoms with Gasteiger partial charge in [0, 0.05) is 5.56 Å². The van der Waals surface area contributed by atoms with Gasteiger partial charge in [-0.25, -0.2) is 4.79 Å². The highest BCUT2D eigenvalue weighted by Gasteiger charge is 2.32. The number of esters is 1. The molecular weight excluding hydrogens is 434 g/mol. The summed E-state index contributed by atoms with van der Waals surface area (Å²) < 4.78 is 11.7. The second-order valence-electron chi connectivity index (χ2n) is 10.4. The quantitative estimate of drug-likeness (QED) is 0.0945. The first-order chi connectivity index (χ1) is 16.9. The van der Waals surface area contributed by atoms with Crippen molar-refractivity contribution in [1.82, 2.24) is 0 Å². The molecule has 0 aliphatic heterocycles. The number of hydrogen-bond donors (Lipinski definition) is 0. The average molecular weight is 483 g/mol. The molecule has 0 heterocycles. The maximum absolute atomic E-state index is 12.6. The van der Waals surface area contributed by atoms with E-state index in [9.17, 15) is 4.79 Å². The van der Waals surface area contributed by atoms with Gasteiger partial charge in [0.25, 0.3) is 0 Å². The van der Waals surface area contributed by atoms with Crippen LogP contribution in [0.4, 0.5) is 0 Å². The molecule has 1 unspecified atom stereocenters. The number of rotatable bonds is 18. The van der Waals surface area contributed by atoms with Gasteiger partial charge in [-0.05, 0) is 37.5 Å². The first-order valence-electron chi connectivity index (χ1n) is 13.7. The van der Waals surface area contributed by atoms with E-state index in [1.807, 2.05) is 37.3 Å². The average Bonchev–Trinajstić information content (AvgIpc) is 2.85. The lowest BCUT2D eigenvalue weighted by Crippen LogP contribution is -2.51. The van der Waals surface area contributed by atoms with E-state index < -0.39 is 0 Å². The Kier molecular flexibility index (Phi) is 13.5. The van der Waals surface area contributed by atoms with Crippen molar-refractivity contribution < 1.29 is 18.8 Å². The summed E-state index contributed by atoms with van der Waals surface area (Å²) in [6, 6.07) is 18.1. The third-order valence-electron chi connectivity index (χ3n) is 6.97. The van der Waals surface area contributed by atoms with Crippen molar-refractivity contribution in [3.8, 4) is 5.75 Å². The minimum absolute atomic E-state index is 0.0593.